The molecule has 0 unspecified atom stereocenters. The van der Waals surface area contributed by atoms with Gasteiger partial charge in [0.1, 0.15) is 5.15 Å². The molecular formula is C18H16Cl2F3N3O. The fraction of sp³-hybridized carbons (Fsp3) is 0.389. The number of nitrogens with zero attached hydrogens (tertiary/aromatic N) is 2. The van der Waals surface area contributed by atoms with Crippen molar-refractivity contribution in [2.45, 2.75) is 43.8 Å². The number of pyridine rings is 2. The van der Waals surface area contributed by atoms with E-state index < -0.39 is 11.7 Å². The zero-order valence-corrected chi connectivity index (χ0v) is 15.6. The highest BCUT2D eigenvalue weighted by Gasteiger charge is 2.34. The largest absolute Gasteiger partial charge is 0.417 e. The smallest absolute Gasteiger partial charge is 0.349 e. The molecule has 0 radical (unpaired) electrons. The van der Waals surface area contributed by atoms with Gasteiger partial charge in [-0.3, -0.25) is 9.78 Å². The van der Waals surface area contributed by atoms with E-state index in [9.17, 15) is 18.0 Å². The molecule has 0 bridgehead atoms. The van der Waals surface area contributed by atoms with Gasteiger partial charge in [-0.05, 0) is 31.0 Å². The predicted octanol–water partition coefficient (Wildman–Crippen LogP) is 5.26. The SMILES string of the molecule is O=C(N[C@@H]1CCCC[C@@H]1c1ncc(C(F)(F)F)cc1Cl)c1cccnc1Cl. The van der Waals surface area contributed by atoms with Gasteiger partial charge in [-0.1, -0.05) is 36.0 Å². The second-order valence-corrected chi connectivity index (χ2v) is 7.17. The summed E-state index contributed by atoms with van der Waals surface area (Å²) in [7, 11) is 0. The maximum Gasteiger partial charge on any atom is 0.417 e. The van der Waals surface area contributed by atoms with Crippen molar-refractivity contribution in [1.29, 1.82) is 0 Å². The minimum absolute atomic E-state index is 0.0459. The van der Waals surface area contributed by atoms with Crippen molar-refractivity contribution >= 4 is 29.1 Å². The molecule has 2 aromatic rings. The van der Waals surface area contributed by atoms with Gasteiger partial charge in [0.2, 0.25) is 0 Å². The molecule has 0 aliphatic heterocycles. The topological polar surface area (TPSA) is 54.9 Å². The highest BCUT2D eigenvalue weighted by molar-refractivity contribution is 6.32. The van der Waals surface area contributed by atoms with Crippen molar-refractivity contribution in [1.82, 2.24) is 15.3 Å². The highest BCUT2D eigenvalue weighted by atomic mass is 35.5. The summed E-state index contributed by atoms with van der Waals surface area (Å²) in [6, 6.07) is 3.75. The summed E-state index contributed by atoms with van der Waals surface area (Å²) in [6.07, 6.45) is 0.870. The third kappa shape index (κ3) is 4.52. The van der Waals surface area contributed by atoms with Gasteiger partial charge < -0.3 is 5.32 Å². The van der Waals surface area contributed by atoms with E-state index in [1.807, 2.05) is 0 Å². The van der Waals surface area contributed by atoms with Gasteiger partial charge in [-0.2, -0.15) is 13.2 Å². The van der Waals surface area contributed by atoms with Crippen molar-refractivity contribution in [3.8, 4) is 0 Å². The lowest BCUT2D eigenvalue weighted by Crippen LogP contribution is -2.41. The Morgan fingerprint density at radius 1 is 1.19 bits per heavy atom. The van der Waals surface area contributed by atoms with Crippen molar-refractivity contribution in [2.24, 2.45) is 0 Å². The summed E-state index contributed by atoms with van der Waals surface area (Å²) in [6.45, 7) is 0. The molecule has 27 heavy (non-hydrogen) atoms. The number of carbonyl (C=O) groups is 1. The number of nitrogens with one attached hydrogen (secondary N) is 1. The van der Waals surface area contributed by atoms with Gasteiger partial charge in [-0.25, -0.2) is 4.98 Å². The first-order valence-electron chi connectivity index (χ1n) is 8.41. The lowest BCUT2D eigenvalue weighted by atomic mass is 9.82. The van der Waals surface area contributed by atoms with Crippen LogP contribution in [0.3, 0.4) is 0 Å². The zero-order valence-electron chi connectivity index (χ0n) is 14.1. The van der Waals surface area contributed by atoms with Crippen molar-refractivity contribution in [2.75, 3.05) is 0 Å². The van der Waals surface area contributed by atoms with Crippen LogP contribution in [0.1, 0.15) is 53.2 Å². The molecule has 1 aliphatic carbocycles. The summed E-state index contributed by atoms with van der Waals surface area (Å²) in [4.78, 5) is 20.4. The van der Waals surface area contributed by atoms with E-state index in [1.165, 1.54) is 6.20 Å². The predicted molar refractivity (Wildman–Crippen MR) is 96.0 cm³/mol. The van der Waals surface area contributed by atoms with Crippen molar-refractivity contribution in [3.05, 3.63) is 57.6 Å². The summed E-state index contributed by atoms with van der Waals surface area (Å²) in [5.41, 5.74) is -0.281. The monoisotopic (exact) mass is 417 g/mol. The van der Waals surface area contributed by atoms with Gasteiger partial charge in [0, 0.05) is 24.4 Å². The van der Waals surface area contributed by atoms with Gasteiger partial charge in [0.25, 0.3) is 5.91 Å². The molecule has 0 aromatic carbocycles. The molecule has 2 atom stereocenters. The number of amides is 1. The maximum absolute atomic E-state index is 12.8. The van der Waals surface area contributed by atoms with E-state index in [1.54, 1.807) is 12.1 Å². The Morgan fingerprint density at radius 2 is 1.93 bits per heavy atom. The van der Waals surface area contributed by atoms with Crippen LogP contribution in [0.4, 0.5) is 13.2 Å². The number of rotatable bonds is 3. The molecule has 1 aliphatic rings. The van der Waals surface area contributed by atoms with Crippen molar-refractivity contribution in [3.63, 3.8) is 0 Å². The molecule has 1 fully saturated rings. The zero-order chi connectivity index (χ0) is 19.6. The number of hydrogen-bond acceptors (Lipinski definition) is 3. The molecule has 1 N–H and O–H groups in total. The molecule has 0 saturated heterocycles. The number of aromatic nitrogens is 2. The molecular weight excluding hydrogens is 402 g/mol. The Hall–Kier alpha value is -1.86. The Labute approximate surface area is 164 Å². The Kier molecular flexibility index (Phi) is 5.91. The van der Waals surface area contributed by atoms with Crippen LogP contribution < -0.4 is 5.32 Å². The van der Waals surface area contributed by atoms with Crippen LogP contribution in [0, 0.1) is 0 Å². The average Bonchev–Trinajstić information content (AvgIpc) is 2.62. The van der Waals surface area contributed by atoms with E-state index in [0.29, 0.717) is 18.5 Å². The van der Waals surface area contributed by atoms with Crippen molar-refractivity contribution < 1.29 is 18.0 Å². The second kappa shape index (κ2) is 8.02. The fourth-order valence-electron chi connectivity index (χ4n) is 3.31. The van der Waals surface area contributed by atoms with Crippen LogP contribution in [0.25, 0.3) is 0 Å². The summed E-state index contributed by atoms with van der Waals surface area (Å²) < 4.78 is 38.5. The molecule has 2 heterocycles. The van der Waals surface area contributed by atoms with Gasteiger partial charge in [0.05, 0.1) is 21.8 Å². The normalized spacial score (nSPS) is 20.3. The van der Waals surface area contributed by atoms with Crippen LogP contribution in [0.15, 0.2) is 30.6 Å². The summed E-state index contributed by atoms with van der Waals surface area (Å²) in [5, 5.41) is 2.96. The third-order valence-electron chi connectivity index (χ3n) is 4.63. The molecule has 4 nitrogen and oxygen atoms in total. The molecule has 9 heteroatoms. The third-order valence-corrected chi connectivity index (χ3v) is 5.24. The van der Waals surface area contributed by atoms with E-state index in [2.05, 4.69) is 15.3 Å². The Bertz CT molecular complexity index is 845. The Balaban J connectivity index is 1.84. The lowest BCUT2D eigenvalue weighted by Gasteiger charge is -2.32. The number of halogens is 5. The van der Waals surface area contributed by atoms with E-state index >= 15 is 0 Å². The molecule has 144 valence electrons. The molecule has 2 aromatic heterocycles. The first kappa shape index (κ1) is 19.9. The Morgan fingerprint density at radius 3 is 2.59 bits per heavy atom. The lowest BCUT2D eigenvalue weighted by molar-refractivity contribution is -0.137. The molecule has 1 amide bonds. The first-order valence-corrected chi connectivity index (χ1v) is 9.17. The number of carbonyl (C=O) groups excluding carboxylic acids is 1. The van der Waals surface area contributed by atoms with E-state index in [-0.39, 0.29) is 33.6 Å². The minimum Gasteiger partial charge on any atom is -0.349 e. The van der Waals surface area contributed by atoms with Crippen LogP contribution in [-0.2, 0) is 6.18 Å². The second-order valence-electron chi connectivity index (χ2n) is 6.40. The molecule has 1 saturated carbocycles. The number of hydrogen-bond donors (Lipinski definition) is 1. The molecule has 3 rings (SSSR count). The van der Waals surface area contributed by atoms with Gasteiger partial charge in [-0.15, -0.1) is 0 Å². The van der Waals surface area contributed by atoms with Crippen LogP contribution in [-0.4, -0.2) is 21.9 Å². The van der Waals surface area contributed by atoms with Crippen LogP contribution in [0.5, 0.6) is 0 Å². The van der Waals surface area contributed by atoms with E-state index in [0.717, 1.165) is 25.1 Å². The first-order chi connectivity index (χ1) is 12.8. The summed E-state index contributed by atoms with van der Waals surface area (Å²) in [5.74, 6) is -0.652. The minimum atomic E-state index is -4.51. The summed E-state index contributed by atoms with van der Waals surface area (Å²) >= 11 is 12.1. The van der Waals surface area contributed by atoms with Gasteiger partial charge in [0.15, 0.2) is 0 Å². The maximum atomic E-state index is 12.8. The average molecular weight is 418 g/mol. The quantitative estimate of drug-likeness (QED) is 0.692. The van der Waals surface area contributed by atoms with E-state index in [4.69, 9.17) is 23.2 Å². The standard InChI is InChI=1S/C18H16Cl2F3N3O/c19-13-8-10(18(21,22)23)9-25-15(13)11-4-1-2-6-14(11)26-17(27)12-5-3-7-24-16(12)20/h3,5,7-9,11,14H,1-2,4,6H2,(H,26,27)/t11-,14+/m0/s1. The van der Waals surface area contributed by atoms with Gasteiger partial charge >= 0.3 is 6.18 Å². The fourth-order valence-corrected chi connectivity index (χ4v) is 3.82. The highest BCUT2D eigenvalue weighted by Crippen LogP contribution is 2.38. The number of alkyl halides is 3. The van der Waals surface area contributed by atoms with Crippen LogP contribution >= 0.6 is 23.2 Å². The molecule has 0 spiro atoms. The van der Waals surface area contributed by atoms with Crippen LogP contribution in [0.2, 0.25) is 10.2 Å².